The van der Waals surface area contributed by atoms with Gasteiger partial charge >= 0.3 is 0 Å². The molecule has 1 heterocycles. The maximum Gasteiger partial charge on any atom is 0.216 e. The van der Waals surface area contributed by atoms with Crippen molar-refractivity contribution in [1.82, 2.24) is 9.55 Å². The summed E-state index contributed by atoms with van der Waals surface area (Å²) in [5.74, 6) is 1.21. The third-order valence-corrected chi connectivity index (χ3v) is 6.32. The Morgan fingerprint density at radius 3 is 2.26 bits per heavy atom. The normalized spacial score (nSPS) is 10.3. The predicted octanol–water partition coefficient (Wildman–Crippen LogP) is 7.38. The van der Waals surface area contributed by atoms with E-state index in [-0.39, 0.29) is 17.3 Å². The van der Waals surface area contributed by atoms with Gasteiger partial charge in [0, 0.05) is 16.4 Å². The highest BCUT2D eigenvalue weighted by atomic mass is 79.9. The molecule has 4 aromatic carbocycles. The molecule has 5 rings (SSSR count). The fourth-order valence-electron chi connectivity index (χ4n) is 3.92. The van der Waals surface area contributed by atoms with Gasteiger partial charge in [0.15, 0.2) is 0 Å². The summed E-state index contributed by atoms with van der Waals surface area (Å²) in [6.07, 6.45) is 3.20. The molecule has 0 atom stereocenters. The first-order chi connectivity index (χ1) is 18.9. The lowest BCUT2D eigenvalue weighted by Gasteiger charge is -2.11. The second-order valence-electron chi connectivity index (χ2n) is 8.22. The minimum atomic E-state index is -0.371. The van der Waals surface area contributed by atoms with E-state index in [0.717, 1.165) is 15.9 Å². The number of halogens is 2. The van der Waals surface area contributed by atoms with E-state index in [2.05, 4.69) is 20.9 Å². The first kappa shape index (κ1) is 27.6. The van der Waals surface area contributed by atoms with Gasteiger partial charge in [-0.3, -0.25) is 4.79 Å². The monoisotopic (exact) mass is 588 g/mol. The van der Waals surface area contributed by atoms with E-state index in [0.29, 0.717) is 28.2 Å². The number of hydrogen-bond acceptors (Lipinski definition) is 5. The highest BCUT2D eigenvalue weighted by Crippen LogP contribution is 2.33. The van der Waals surface area contributed by atoms with Crippen molar-refractivity contribution < 1.29 is 23.4 Å². The number of methoxy groups -OCH3 is 3. The lowest BCUT2D eigenvalue weighted by Crippen LogP contribution is -2.04. The summed E-state index contributed by atoms with van der Waals surface area (Å²) in [6, 6.07) is 26.7. The Hall–Kier alpha value is -4.43. The molecule has 0 bridgehead atoms. The van der Waals surface area contributed by atoms with Gasteiger partial charge < -0.3 is 18.8 Å². The van der Waals surface area contributed by atoms with Crippen molar-refractivity contribution in [1.29, 1.82) is 0 Å². The largest absolute Gasteiger partial charge is 0.497 e. The molecule has 5 aromatic rings. The smallest absolute Gasteiger partial charge is 0.216 e. The maximum absolute atomic E-state index is 14.5. The molecular formula is C31H26BrFN2O4. The van der Waals surface area contributed by atoms with Gasteiger partial charge in [0.25, 0.3) is 0 Å². The van der Waals surface area contributed by atoms with E-state index < -0.39 is 0 Å². The summed E-state index contributed by atoms with van der Waals surface area (Å²) in [5, 5.41) is 0. The number of carbonyl (C=O) groups is 1. The summed E-state index contributed by atoms with van der Waals surface area (Å²) < 4.78 is 32.8. The molecule has 0 saturated heterocycles. The van der Waals surface area contributed by atoms with E-state index in [9.17, 15) is 9.18 Å². The number of hydrogen-bond donors (Lipinski definition) is 0. The van der Waals surface area contributed by atoms with E-state index in [1.807, 2.05) is 48.5 Å². The standard InChI is InChI=1S/C24H19FN2O3.C7H7BrO/c1-29-21-11-4-3-9-18(21)24(28)20-14-27(15-26-20)17-8-5-7-16(13-17)23-19(25)10-6-12-22(23)30-2;1-9-7-4-2-3-6(8)5-7/h3-15H,1-2H3;2-5H,1H3. The first-order valence-electron chi connectivity index (χ1n) is 11.9. The Labute approximate surface area is 234 Å². The molecule has 0 saturated carbocycles. The zero-order valence-electron chi connectivity index (χ0n) is 21.6. The molecule has 0 unspecified atom stereocenters. The number of aromatic nitrogens is 2. The molecule has 198 valence electrons. The Balaban J connectivity index is 0.000000333. The van der Waals surface area contributed by atoms with Gasteiger partial charge in [0.05, 0.1) is 32.5 Å². The Kier molecular flexibility index (Phi) is 9.12. The Bertz CT molecular complexity index is 1580. The van der Waals surface area contributed by atoms with Crippen LogP contribution in [-0.4, -0.2) is 36.7 Å². The SMILES string of the molecule is COc1cccc(Br)c1.COc1ccccc1C(=O)c1cn(-c2cccc(-c3c(F)cccc3OC)c2)cn1. The van der Waals surface area contributed by atoms with Crippen LogP contribution in [0.15, 0.2) is 108 Å². The molecule has 0 spiro atoms. The van der Waals surface area contributed by atoms with Crippen LogP contribution in [0.2, 0.25) is 0 Å². The Morgan fingerprint density at radius 1 is 0.821 bits per heavy atom. The van der Waals surface area contributed by atoms with Crippen LogP contribution in [-0.2, 0) is 0 Å². The zero-order chi connectivity index (χ0) is 27.8. The molecule has 0 aliphatic carbocycles. The van der Waals surface area contributed by atoms with Crippen LogP contribution in [0, 0.1) is 5.82 Å². The molecule has 6 nitrogen and oxygen atoms in total. The van der Waals surface area contributed by atoms with Crippen LogP contribution >= 0.6 is 15.9 Å². The van der Waals surface area contributed by atoms with Crippen molar-refractivity contribution in [3.8, 4) is 34.1 Å². The molecule has 39 heavy (non-hydrogen) atoms. The van der Waals surface area contributed by atoms with Gasteiger partial charge in [-0.05, 0) is 60.2 Å². The molecule has 0 fully saturated rings. The van der Waals surface area contributed by atoms with E-state index in [1.54, 1.807) is 60.6 Å². The van der Waals surface area contributed by atoms with E-state index in [1.165, 1.54) is 20.3 Å². The minimum Gasteiger partial charge on any atom is -0.497 e. The topological polar surface area (TPSA) is 62.6 Å². The number of benzene rings is 4. The minimum absolute atomic E-state index is 0.238. The second-order valence-corrected chi connectivity index (χ2v) is 9.14. The lowest BCUT2D eigenvalue weighted by molar-refractivity contribution is 0.103. The number of rotatable bonds is 7. The average molecular weight is 589 g/mol. The average Bonchev–Trinajstić information content (AvgIpc) is 3.47. The molecule has 0 radical (unpaired) electrons. The zero-order valence-corrected chi connectivity index (χ0v) is 23.2. The Morgan fingerprint density at radius 2 is 1.54 bits per heavy atom. The maximum atomic E-state index is 14.5. The van der Waals surface area contributed by atoms with Crippen molar-refractivity contribution in [3.63, 3.8) is 0 Å². The fourth-order valence-corrected chi connectivity index (χ4v) is 4.30. The predicted molar refractivity (Wildman–Crippen MR) is 153 cm³/mol. The van der Waals surface area contributed by atoms with Gasteiger partial charge in [-0.15, -0.1) is 0 Å². The number of imidazole rings is 1. The second kappa shape index (κ2) is 12.9. The van der Waals surface area contributed by atoms with Gasteiger partial charge in [0.2, 0.25) is 5.78 Å². The lowest BCUT2D eigenvalue weighted by atomic mass is 10.0. The van der Waals surface area contributed by atoms with Crippen LogP contribution in [0.5, 0.6) is 17.2 Å². The highest BCUT2D eigenvalue weighted by Gasteiger charge is 2.17. The van der Waals surface area contributed by atoms with Crippen molar-refractivity contribution in [2.45, 2.75) is 0 Å². The number of para-hydroxylation sites is 1. The van der Waals surface area contributed by atoms with E-state index >= 15 is 0 Å². The third-order valence-electron chi connectivity index (χ3n) is 5.83. The quantitative estimate of drug-likeness (QED) is 0.185. The molecule has 0 amide bonds. The van der Waals surface area contributed by atoms with Gasteiger partial charge in [0.1, 0.15) is 35.1 Å². The van der Waals surface area contributed by atoms with Crippen molar-refractivity contribution in [3.05, 3.63) is 125 Å². The molecule has 1 aromatic heterocycles. The number of ketones is 1. The summed E-state index contributed by atoms with van der Waals surface area (Å²) in [7, 11) is 4.68. The van der Waals surface area contributed by atoms with Crippen molar-refractivity contribution >= 4 is 21.7 Å². The van der Waals surface area contributed by atoms with Crippen LogP contribution in [0.4, 0.5) is 4.39 Å². The van der Waals surface area contributed by atoms with Gasteiger partial charge in [-0.25, -0.2) is 9.37 Å². The number of carbonyl (C=O) groups excluding carboxylic acids is 1. The fraction of sp³-hybridized carbons (Fsp3) is 0.0968. The number of nitrogens with zero attached hydrogens (tertiary/aromatic N) is 2. The van der Waals surface area contributed by atoms with Gasteiger partial charge in [-0.2, -0.15) is 0 Å². The molecule has 0 N–H and O–H groups in total. The van der Waals surface area contributed by atoms with Crippen LogP contribution in [0.3, 0.4) is 0 Å². The summed E-state index contributed by atoms with van der Waals surface area (Å²) in [5.41, 5.74) is 2.51. The molecule has 0 aliphatic heterocycles. The summed E-state index contributed by atoms with van der Waals surface area (Å²) >= 11 is 3.32. The van der Waals surface area contributed by atoms with Gasteiger partial charge in [-0.1, -0.05) is 52.3 Å². The van der Waals surface area contributed by atoms with Crippen molar-refractivity contribution in [2.24, 2.45) is 0 Å². The molecular weight excluding hydrogens is 563 g/mol. The molecule has 8 heteroatoms. The third kappa shape index (κ3) is 6.53. The summed E-state index contributed by atoms with van der Waals surface area (Å²) in [4.78, 5) is 17.1. The highest BCUT2D eigenvalue weighted by molar-refractivity contribution is 9.10. The number of ether oxygens (including phenoxy) is 3. The van der Waals surface area contributed by atoms with Crippen LogP contribution in [0.25, 0.3) is 16.8 Å². The van der Waals surface area contributed by atoms with E-state index in [4.69, 9.17) is 14.2 Å². The summed E-state index contributed by atoms with van der Waals surface area (Å²) in [6.45, 7) is 0. The van der Waals surface area contributed by atoms with Crippen LogP contribution < -0.4 is 14.2 Å². The first-order valence-corrected chi connectivity index (χ1v) is 12.7. The molecule has 0 aliphatic rings. The van der Waals surface area contributed by atoms with Crippen LogP contribution in [0.1, 0.15) is 16.1 Å². The van der Waals surface area contributed by atoms with Crippen molar-refractivity contribution in [2.75, 3.05) is 21.3 Å².